The van der Waals surface area contributed by atoms with Gasteiger partial charge in [-0.05, 0) is 62.2 Å². The van der Waals surface area contributed by atoms with Crippen LogP contribution in [0, 0.1) is 0 Å². The fraction of sp³-hybridized carbons (Fsp3) is 0.417. The molecular formula is C24H31N3O3. The molecule has 2 amide bonds. The zero-order chi connectivity index (χ0) is 21.2. The van der Waals surface area contributed by atoms with Gasteiger partial charge in [0.1, 0.15) is 5.75 Å². The van der Waals surface area contributed by atoms with Gasteiger partial charge >= 0.3 is 0 Å². The minimum absolute atomic E-state index is 0.0102. The summed E-state index contributed by atoms with van der Waals surface area (Å²) < 4.78 is 5.37. The maximum Gasteiger partial charge on any atom is 0.251 e. The van der Waals surface area contributed by atoms with E-state index in [4.69, 9.17) is 4.74 Å². The number of ether oxygens (including phenoxy) is 1. The van der Waals surface area contributed by atoms with Crippen LogP contribution in [0.2, 0.25) is 0 Å². The molecule has 0 spiro atoms. The number of nitrogens with one attached hydrogen (secondary N) is 2. The van der Waals surface area contributed by atoms with Gasteiger partial charge in [-0.1, -0.05) is 30.3 Å². The van der Waals surface area contributed by atoms with E-state index in [0.717, 1.165) is 24.4 Å². The maximum absolute atomic E-state index is 12.4. The Labute approximate surface area is 178 Å². The van der Waals surface area contributed by atoms with E-state index in [1.165, 1.54) is 12.8 Å². The highest BCUT2D eigenvalue weighted by molar-refractivity contribution is 5.94. The lowest BCUT2D eigenvalue weighted by Gasteiger charge is -2.28. The SMILES string of the molecule is COc1cccc(C(CNC(=O)CCCNC(=O)c2ccccc2)N2CCCC2)c1. The number of benzene rings is 2. The summed E-state index contributed by atoms with van der Waals surface area (Å²) in [6, 6.07) is 17.3. The highest BCUT2D eigenvalue weighted by Crippen LogP contribution is 2.27. The highest BCUT2D eigenvalue weighted by Gasteiger charge is 2.24. The van der Waals surface area contributed by atoms with Crippen molar-refractivity contribution in [1.82, 2.24) is 15.5 Å². The van der Waals surface area contributed by atoms with Crippen LogP contribution >= 0.6 is 0 Å². The van der Waals surface area contributed by atoms with Crippen LogP contribution in [0.4, 0.5) is 0 Å². The van der Waals surface area contributed by atoms with Gasteiger partial charge in [-0.15, -0.1) is 0 Å². The predicted octanol–water partition coefficient (Wildman–Crippen LogP) is 3.16. The normalized spacial score (nSPS) is 14.8. The molecule has 1 aliphatic heterocycles. The van der Waals surface area contributed by atoms with Crippen molar-refractivity contribution in [1.29, 1.82) is 0 Å². The Morgan fingerprint density at radius 2 is 1.80 bits per heavy atom. The van der Waals surface area contributed by atoms with Crippen molar-refractivity contribution in [3.8, 4) is 5.75 Å². The van der Waals surface area contributed by atoms with Crippen molar-refractivity contribution in [2.45, 2.75) is 31.7 Å². The Morgan fingerprint density at radius 3 is 2.53 bits per heavy atom. The van der Waals surface area contributed by atoms with E-state index in [-0.39, 0.29) is 17.9 Å². The smallest absolute Gasteiger partial charge is 0.251 e. The quantitative estimate of drug-likeness (QED) is 0.592. The first-order valence-electron chi connectivity index (χ1n) is 10.7. The number of rotatable bonds is 10. The molecule has 0 aliphatic carbocycles. The second-order valence-corrected chi connectivity index (χ2v) is 7.57. The monoisotopic (exact) mass is 409 g/mol. The van der Waals surface area contributed by atoms with Gasteiger partial charge in [-0.3, -0.25) is 14.5 Å². The summed E-state index contributed by atoms with van der Waals surface area (Å²) in [5.74, 6) is 0.733. The second-order valence-electron chi connectivity index (χ2n) is 7.57. The molecule has 1 saturated heterocycles. The van der Waals surface area contributed by atoms with E-state index in [2.05, 4.69) is 21.6 Å². The summed E-state index contributed by atoms with van der Waals surface area (Å²) in [4.78, 5) is 26.8. The Hall–Kier alpha value is -2.86. The van der Waals surface area contributed by atoms with Crippen LogP contribution in [0.1, 0.15) is 47.6 Å². The van der Waals surface area contributed by atoms with Crippen molar-refractivity contribution < 1.29 is 14.3 Å². The van der Waals surface area contributed by atoms with Crippen LogP contribution in [-0.4, -0.2) is 50.0 Å². The summed E-state index contributed by atoms with van der Waals surface area (Å²) in [7, 11) is 1.67. The number of likely N-dealkylation sites (tertiary alicyclic amines) is 1. The van der Waals surface area contributed by atoms with Crippen LogP contribution in [0.5, 0.6) is 5.75 Å². The van der Waals surface area contributed by atoms with Gasteiger partial charge in [0.05, 0.1) is 13.2 Å². The molecule has 0 aromatic heterocycles. The van der Waals surface area contributed by atoms with Crippen LogP contribution in [0.15, 0.2) is 54.6 Å². The molecule has 160 valence electrons. The Kier molecular flexibility index (Phi) is 8.27. The first-order chi connectivity index (χ1) is 14.7. The van der Waals surface area contributed by atoms with E-state index < -0.39 is 0 Å². The standard InChI is InChI=1S/C24H31N3O3/c1-30-21-12-7-11-20(17-21)22(27-15-5-6-16-27)18-26-23(28)13-8-14-25-24(29)19-9-3-2-4-10-19/h2-4,7,9-12,17,22H,5-6,8,13-16,18H2,1H3,(H,25,29)(H,26,28). The van der Waals surface area contributed by atoms with Crippen molar-refractivity contribution in [2.75, 3.05) is 33.3 Å². The van der Waals surface area contributed by atoms with Gasteiger partial charge in [-0.25, -0.2) is 0 Å². The topological polar surface area (TPSA) is 70.7 Å². The number of hydrogen-bond donors (Lipinski definition) is 2. The molecule has 6 heteroatoms. The van der Waals surface area contributed by atoms with Crippen molar-refractivity contribution >= 4 is 11.8 Å². The van der Waals surface area contributed by atoms with Crippen LogP contribution in [0.3, 0.4) is 0 Å². The number of carbonyl (C=O) groups is 2. The minimum Gasteiger partial charge on any atom is -0.497 e. The third-order valence-electron chi connectivity index (χ3n) is 5.45. The van der Waals surface area contributed by atoms with Crippen molar-refractivity contribution in [3.05, 3.63) is 65.7 Å². The molecule has 0 saturated carbocycles. The predicted molar refractivity (Wildman–Crippen MR) is 118 cm³/mol. The largest absolute Gasteiger partial charge is 0.497 e. The van der Waals surface area contributed by atoms with E-state index in [1.807, 2.05) is 36.4 Å². The lowest BCUT2D eigenvalue weighted by Crippen LogP contribution is -2.37. The second kappa shape index (κ2) is 11.4. The summed E-state index contributed by atoms with van der Waals surface area (Å²) in [6.07, 6.45) is 3.38. The van der Waals surface area contributed by atoms with Crippen LogP contribution < -0.4 is 15.4 Å². The Morgan fingerprint density at radius 1 is 1.03 bits per heavy atom. The summed E-state index contributed by atoms with van der Waals surface area (Å²) in [6.45, 7) is 3.14. The average Bonchev–Trinajstić information content (AvgIpc) is 3.32. The minimum atomic E-state index is -0.108. The summed E-state index contributed by atoms with van der Waals surface area (Å²) in [5.41, 5.74) is 1.79. The molecule has 1 aliphatic rings. The Bertz CT molecular complexity index is 819. The highest BCUT2D eigenvalue weighted by atomic mass is 16.5. The van der Waals surface area contributed by atoms with Gasteiger partial charge in [-0.2, -0.15) is 0 Å². The Balaban J connectivity index is 1.45. The zero-order valence-corrected chi connectivity index (χ0v) is 17.6. The van der Waals surface area contributed by atoms with Gasteiger partial charge in [0.25, 0.3) is 5.91 Å². The third-order valence-corrected chi connectivity index (χ3v) is 5.45. The van der Waals surface area contributed by atoms with Gasteiger partial charge in [0.15, 0.2) is 0 Å². The molecule has 3 rings (SSSR count). The molecule has 0 bridgehead atoms. The van der Waals surface area contributed by atoms with E-state index >= 15 is 0 Å². The fourth-order valence-corrected chi connectivity index (χ4v) is 3.80. The zero-order valence-electron chi connectivity index (χ0n) is 17.6. The number of hydrogen-bond acceptors (Lipinski definition) is 4. The van der Waals surface area contributed by atoms with Gasteiger partial charge < -0.3 is 15.4 Å². The average molecular weight is 410 g/mol. The number of methoxy groups -OCH3 is 1. The summed E-state index contributed by atoms with van der Waals surface area (Å²) >= 11 is 0. The van der Waals surface area contributed by atoms with E-state index in [0.29, 0.717) is 31.5 Å². The van der Waals surface area contributed by atoms with Gasteiger partial charge in [0.2, 0.25) is 5.91 Å². The van der Waals surface area contributed by atoms with Crippen molar-refractivity contribution in [2.24, 2.45) is 0 Å². The maximum atomic E-state index is 12.4. The third kappa shape index (κ3) is 6.32. The van der Waals surface area contributed by atoms with Crippen LogP contribution in [0.25, 0.3) is 0 Å². The molecule has 2 N–H and O–H groups in total. The molecule has 2 aromatic carbocycles. The molecule has 1 atom stereocenters. The first-order valence-corrected chi connectivity index (χ1v) is 10.7. The molecule has 0 radical (unpaired) electrons. The molecule has 6 nitrogen and oxygen atoms in total. The first kappa shape index (κ1) is 21.8. The number of nitrogens with zero attached hydrogens (tertiary/aromatic N) is 1. The molecule has 1 unspecified atom stereocenters. The lowest BCUT2D eigenvalue weighted by atomic mass is 10.0. The fourth-order valence-electron chi connectivity index (χ4n) is 3.80. The van der Waals surface area contributed by atoms with E-state index in [9.17, 15) is 9.59 Å². The van der Waals surface area contributed by atoms with E-state index in [1.54, 1.807) is 19.2 Å². The molecule has 1 fully saturated rings. The summed E-state index contributed by atoms with van der Waals surface area (Å²) in [5, 5.41) is 5.94. The molecule has 1 heterocycles. The molecule has 2 aromatic rings. The number of amides is 2. The van der Waals surface area contributed by atoms with Gasteiger partial charge in [0, 0.05) is 25.1 Å². The lowest BCUT2D eigenvalue weighted by molar-refractivity contribution is -0.121. The number of carbonyl (C=O) groups excluding carboxylic acids is 2. The van der Waals surface area contributed by atoms with Crippen LogP contribution in [-0.2, 0) is 4.79 Å². The molecular weight excluding hydrogens is 378 g/mol. The van der Waals surface area contributed by atoms with Crippen molar-refractivity contribution in [3.63, 3.8) is 0 Å². The molecule has 30 heavy (non-hydrogen) atoms.